The highest BCUT2D eigenvalue weighted by Gasteiger charge is 2.19. The molecule has 0 saturated heterocycles. The van der Waals surface area contributed by atoms with E-state index in [9.17, 15) is 0 Å². The first kappa shape index (κ1) is 26.4. The summed E-state index contributed by atoms with van der Waals surface area (Å²) >= 11 is 0. The molecule has 0 atom stereocenters. The minimum absolute atomic E-state index is 1.12. The summed E-state index contributed by atoms with van der Waals surface area (Å²) in [6.45, 7) is 0. The maximum absolute atomic E-state index is 4.31. The van der Waals surface area contributed by atoms with Gasteiger partial charge in [0.05, 0.1) is 0 Å². The van der Waals surface area contributed by atoms with Crippen LogP contribution in [-0.2, 0) is 0 Å². The van der Waals surface area contributed by atoms with Gasteiger partial charge in [0.1, 0.15) is 0 Å². The van der Waals surface area contributed by atoms with Gasteiger partial charge in [-0.05, 0) is 99.7 Å². The van der Waals surface area contributed by atoms with Crippen molar-refractivity contribution in [2.45, 2.75) is 0 Å². The Balaban J connectivity index is 1.38. The second kappa shape index (κ2) is 10.8. The summed E-state index contributed by atoms with van der Waals surface area (Å²) in [5, 5.41) is 10.1. The van der Waals surface area contributed by atoms with Gasteiger partial charge in [0.25, 0.3) is 0 Å². The fourth-order valence-electron chi connectivity index (χ4n) is 7.21. The van der Waals surface area contributed by atoms with Gasteiger partial charge < -0.3 is 0 Å². The molecule has 8 aromatic carbocycles. The number of hydrogen-bond donors (Lipinski definition) is 0. The Morgan fingerprint density at radius 2 is 0.783 bits per heavy atom. The van der Waals surface area contributed by atoms with Crippen LogP contribution in [0.4, 0.5) is 0 Å². The minimum Gasteiger partial charge on any atom is -0.264 e. The molecule has 214 valence electrons. The zero-order chi connectivity index (χ0) is 30.5. The number of fused-ring (bicyclic) bond motifs is 4. The standard InChI is InChI=1S/C45H29N/c1-3-15-36-32(10-1)12-7-19-38(36)44-40-17-5-6-18-41(40)45(39-20-8-13-33-11-2-4-16-37(33)39)43-28-34(25-26-42(43)44)30-21-23-31(24-22-30)35-14-9-27-46-29-35/h1-29H. The maximum Gasteiger partial charge on any atom is 0.0346 e. The van der Waals surface area contributed by atoms with Gasteiger partial charge >= 0.3 is 0 Å². The molecule has 1 nitrogen and oxygen atoms in total. The summed E-state index contributed by atoms with van der Waals surface area (Å²) in [4.78, 5) is 4.31. The molecule has 0 spiro atoms. The third-order valence-corrected chi connectivity index (χ3v) is 9.36. The number of aromatic nitrogens is 1. The highest BCUT2D eigenvalue weighted by molar-refractivity contribution is 6.25. The van der Waals surface area contributed by atoms with Crippen LogP contribution >= 0.6 is 0 Å². The predicted molar refractivity (Wildman–Crippen MR) is 196 cm³/mol. The van der Waals surface area contributed by atoms with Gasteiger partial charge in [0.2, 0.25) is 0 Å². The Morgan fingerprint density at radius 1 is 0.304 bits per heavy atom. The van der Waals surface area contributed by atoms with Gasteiger partial charge in [-0.3, -0.25) is 4.98 Å². The number of hydrogen-bond acceptors (Lipinski definition) is 1. The van der Waals surface area contributed by atoms with Crippen LogP contribution in [-0.4, -0.2) is 4.98 Å². The molecule has 9 aromatic rings. The van der Waals surface area contributed by atoms with E-state index in [1.54, 1.807) is 0 Å². The summed E-state index contributed by atoms with van der Waals surface area (Å²) < 4.78 is 0. The zero-order valence-electron chi connectivity index (χ0n) is 25.2. The number of nitrogens with zero attached hydrogens (tertiary/aromatic N) is 1. The summed E-state index contributed by atoms with van der Waals surface area (Å²) in [5.41, 5.74) is 9.76. The molecular formula is C45H29N. The molecule has 0 amide bonds. The van der Waals surface area contributed by atoms with E-state index < -0.39 is 0 Å². The second-order valence-electron chi connectivity index (χ2n) is 11.9. The van der Waals surface area contributed by atoms with Crippen molar-refractivity contribution >= 4 is 43.1 Å². The summed E-state index contributed by atoms with van der Waals surface area (Å²) in [6, 6.07) is 59.8. The monoisotopic (exact) mass is 583 g/mol. The van der Waals surface area contributed by atoms with Gasteiger partial charge in [-0.1, -0.05) is 152 Å². The second-order valence-corrected chi connectivity index (χ2v) is 11.9. The van der Waals surface area contributed by atoms with Crippen molar-refractivity contribution in [2.24, 2.45) is 0 Å². The van der Waals surface area contributed by atoms with Gasteiger partial charge in [-0.15, -0.1) is 0 Å². The van der Waals surface area contributed by atoms with Crippen LogP contribution in [0.3, 0.4) is 0 Å². The van der Waals surface area contributed by atoms with Crippen LogP contribution in [0.25, 0.3) is 87.6 Å². The van der Waals surface area contributed by atoms with Crippen molar-refractivity contribution in [3.63, 3.8) is 0 Å². The zero-order valence-corrected chi connectivity index (χ0v) is 25.2. The molecule has 1 heterocycles. The van der Waals surface area contributed by atoms with E-state index in [2.05, 4.69) is 163 Å². The summed E-state index contributed by atoms with van der Waals surface area (Å²) in [7, 11) is 0. The number of rotatable bonds is 4. The molecule has 0 saturated carbocycles. The Labute approximate surface area is 268 Å². The molecule has 46 heavy (non-hydrogen) atoms. The topological polar surface area (TPSA) is 12.9 Å². The van der Waals surface area contributed by atoms with E-state index in [4.69, 9.17) is 0 Å². The van der Waals surface area contributed by atoms with E-state index >= 15 is 0 Å². The van der Waals surface area contributed by atoms with Crippen LogP contribution in [0, 0.1) is 0 Å². The first-order valence-electron chi connectivity index (χ1n) is 15.8. The molecule has 1 aromatic heterocycles. The predicted octanol–water partition coefficient (Wildman–Crippen LogP) is 12.4. The molecule has 0 aliphatic heterocycles. The van der Waals surface area contributed by atoms with Gasteiger partial charge in [0, 0.05) is 12.4 Å². The molecule has 0 N–H and O–H groups in total. The lowest BCUT2D eigenvalue weighted by atomic mass is 9.83. The maximum atomic E-state index is 4.31. The molecule has 9 rings (SSSR count). The van der Waals surface area contributed by atoms with Crippen molar-refractivity contribution in [1.82, 2.24) is 4.98 Å². The van der Waals surface area contributed by atoms with Crippen LogP contribution in [0.5, 0.6) is 0 Å². The molecule has 0 unspecified atom stereocenters. The van der Waals surface area contributed by atoms with E-state index in [0.29, 0.717) is 0 Å². The van der Waals surface area contributed by atoms with Crippen LogP contribution < -0.4 is 0 Å². The fourth-order valence-corrected chi connectivity index (χ4v) is 7.21. The normalized spacial score (nSPS) is 11.5. The molecule has 0 aliphatic rings. The molecular weight excluding hydrogens is 555 g/mol. The van der Waals surface area contributed by atoms with Crippen molar-refractivity contribution in [2.75, 3.05) is 0 Å². The third-order valence-electron chi connectivity index (χ3n) is 9.36. The van der Waals surface area contributed by atoms with Gasteiger partial charge in [-0.25, -0.2) is 0 Å². The summed E-state index contributed by atoms with van der Waals surface area (Å²) in [6.07, 6.45) is 3.73. The largest absolute Gasteiger partial charge is 0.264 e. The summed E-state index contributed by atoms with van der Waals surface area (Å²) in [5.74, 6) is 0. The smallest absolute Gasteiger partial charge is 0.0346 e. The Bertz CT molecular complexity index is 2550. The van der Waals surface area contributed by atoms with Crippen LogP contribution in [0.2, 0.25) is 0 Å². The van der Waals surface area contributed by atoms with E-state index in [-0.39, 0.29) is 0 Å². The van der Waals surface area contributed by atoms with E-state index in [1.165, 1.54) is 82.0 Å². The highest BCUT2D eigenvalue weighted by Crippen LogP contribution is 2.47. The van der Waals surface area contributed by atoms with Crippen LogP contribution in [0.1, 0.15) is 0 Å². The van der Waals surface area contributed by atoms with Gasteiger partial charge in [-0.2, -0.15) is 0 Å². The quantitative estimate of drug-likeness (QED) is 0.188. The van der Waals surface area contributed by atoms with Crippen molar-refractivity contribution in [3.8, 4) is 44.5 Å². The van der Waals surface area contributed by atoms with Crippen molar-refractivity contribution in [3.05, 3.63) is 176 Å². The highest BCUT2D eigenvalue weighted by atomic mass is 14.6. The Hall–Kier alpha value is -6.05. The van der Waals surface area contributed by atoms with Gasteiger partial charge in [0.15, 0.2) is 0 Å². The fraction of sp³-hybridized carbons (Fsp3) is 0. The first-order chi connectivity index (χ1) is 22.8. The Kier molecular flexibility index (Phi) is 6.21. The van der Waals surface area contributed by atoms with Crippen LogP contribution in [0.15, 0.2) is 176 Å². The van der Waals surface area contributed by atoms with Crippen molar-refractivity contribution < 1.29 is 0 Å². The van der Waals surface area contributed by atoms with E-state index in [0.717, 1.165) is 5.56 Å². The average molecular weight is 584 g/mol. The molecule has 0 bridgehead atoms. The number of benzene rings is 8. The lowest BCUT2D eigenvalue weighted by Gasteiger charge is -2.20. The average Bonchev–Trinajstić information content (AvgIpc) is 3.14. The molecule has 0 fully saturated rings. The minimum atomic E-state index is 1.12. The number of pyridine rings is 1. The van der Waals surface area contributed by atoms with E-state index in [1.807, 2.05) is 18.5 Å². The first-order valence-corrected chi connectivity index (χ1v) is 15.8. The Morgan fingerprint density at radius 3 is 1.37 bits per heavy atom. The lowest BCUT2D eigenvalue weighted by Crippen LogP contribution is -1.93. The van der Waals surface area contributed by atoms with Crippen molar-refractivity contribution in [1.29, 1.82) is 0 Å². The third kappa shape index (κ3) is 4.29. The lowest BCUT2D eigenvalue weighted by molar-refractivity contribution is 1.33. The molecule has 0 radical (unpaired) electrons. The molecule has 0 aliphatic carbocycles. The molecule has 1 heteroatoms. The SMILES string of the molecule is c1cncc(-c2ccc(-c3ccc4c(-c5cccc6ccccc56)c5ccccc5c(-c5cccc6ccccc56)c4c3)cc2)c1.